The predicted octanol–water partition coefficient (Wildman–Crippen LogP) is 2.43. The summed E-state index contributed by atoms with van der Waals surface area (Å²) in [5.41, 5.74) is 2.48. The summed E-state index contributed by atoms with van der Waals surface area (Å²) in [5.74, 6) is 0.328. The molecule has 0 aromatic heterocycles. The Morgan fingerprint density at radius 3 is 2.69 bits per heavy atom. The van der Waals surface area contributed by atoms with Crippen LogP contribution in [-0.4, -0.2) is 60.9 Å². The van der Waals surface area contributed by atoms with Crippen molar-refractivity contribution in [2.24, 2.45) is 0 Å². The second kappa shape index (κ2) is 8.82. The Kier molecular flexibility index (Phi) is 5.99. The molecule has 4 rings (SSSR count). The molecule has 2 heterocycles. The maximum atomic E-state index is 12.4. The van der Waals surface area contributed by atoms with Crippen LogP contribution in [0.3, 0.4) is 0 Å². The van der Waals surface area contributed by atoms with Gasteiger partial charge in [-0.05, 0) is 29.8 Å². The molecule has 0 unspecified atom stereocenters. The van der Waals surface area contributed by atoms with E-state index >= 15 is 0 Å². The van der Waals surface area contributed by atoms with Crippen molar-refractivity contribution in [1.82, 2.24) is 9.80 Å². The van der Waals surface area contributed by atoms with E-state index in [0.717, 1.165) is 37.7 Å². The van der Waals surface area contributed by atoms with Gasteiger partial charge in [0, 0.05) is 49.5 Å². The molecule has 29 heavy (non-hydrogen) atoms. The van der Waals surface area contributed by atoms with Gasteiger partial charge in [-0.25, -0.2) is 0 Å². The molecule has 2 N–H and O–H groups in total. The molecule has 2 aromatic rings. The molecule has 2 aliphatic heterocycles. The lowest BCUT2D eigenvalue weighted by molar-refractivity contribution is -0.119. The maximum absolute atomic E-state index is 12.4. The number of carbonyl (C=O) groups excluding carboxylic acids is 2. The standard InChI is InChI=1S/C21H23ClN4O3/c22-16-3-1-2-15(10-16)12-25-6-8-26(9-7-25)13-20(27)23-17-4-5-18-19(11-17)29-14-21(28)24-18/h1-5,10-11H,6-9,12-14H2,(H,23,27)(H,24,28). The summed E-state index contributed by atoms with van der Waals surface area (Å²) in [6, 6.07) is 13.2. The number of carbonyl (C=O) groups is 2. The van der Waals surface area contributed by atoms with Crippen molar-refractivity contribution in [2.45, 2.75) is 6.54 Å². The van der Waals surface area contributed by atoms with E-state index in [2.05, 4.69) is 26.5 Å². The Morgan fingerprint density at radius 1 is 1.10 bits per heavy atom. The number of piperazine rings is 1. The summed E-state index contributed by atoms with van der Waals surface area (Å²) >= 11 is 6.06. The first-order valence-corrected chi connectivity index (χ1v) is 9.99. The fourth-order valence-corrected chi connectivity index (χ4v) is 3.77. The average Bonchev–Trinajstić information content (AvgIpc) is 2.70. The van der Waals surface area contributed by atoms with Gasteiger partial charge in [0.2, 0.25) is 5.91 Å². The topological polar surface area (TPSA) is 73.9 Å². The van der Waals surface area contributed by atoms with Crippen molar-refractivity contribution >= 4 is 34.8 Å². The Hall–Kier alpha value is -2.61. The molecular weight excluding hydrogens is 392 g/mol. The van der Waals surface area contributed by atoms with Crippen LogP contribution in [-0.2, 0) is 16.1 Å². The van der Waals surface area contributed by atoms with Crippen molar-refractivity contribution in [1.29, 1.82) is 0 Å². The van der Waals surface area contributed by atoms with Crippen molar-refractivity contribution in [3.63, 3.8) is 0 Å². The Bertz CT molecular complexity index is 913. The van der Waals surface area contributed by atoms with Crippen molar-refractivity contribution < 1.29 is 14.3 Å². The van der Waals surface area contributed by atoms with Crippen molar-refractivity contribution in [2.75, 3.05) is 50.0 Å². The fraction of sp³-hybridized carbons (Fsp3) is 0.333. The summed E-state index contributed by atoms with van der Waals surface area (Å²) in [7, 11) is 0. The normalized spacial score (nSPS) is 17.2. The van der Waals surface area contributed by atoms with Gasteiger partial charge in [0.1, 0.15) is 5.75 Å². The number of halogens is 1. The number of anilines is 2. The lowest BCUT2D eigenvalue weighted by atomic mass is 10.2. The molecule has 0 spiro atoms. The molecular formula is C21H23ClN4O3. The third kappa shape index (κ3) is 5.26. The van der Waals surface area contributed by atoms with Gasteiger partial charge in [0.15, 0.2) is 6.61 Å². The number of ether oxygens (including phenoxy) is 1. The Balaban J connectivity index is 1.24. The van der Waals surface area contributed by atoms with Gasteiger partial charge in [-0.1, -0.05) is 23.7 Å². The van der Waals surface area contributed by atoms with Crippen LogP contribution in [0.2, 0.25) is 5.02 Å². The lowest BCUT2D eigenvalue weighted by Gasteiger charge is -2.34. The first-order chi connectivity index (χ1) is 14.0. The van der Waals surface area contributed by atoms with Crippen LogP contribution in [0, 0.1) is 0 Å². The molecule has 152 valence electrons. The highest BCUT2D eigenvalue weighted by molar-refractivity contribution is 6.30. The summed E-state index contributed by atoms with van der Waals surface area (Å²) < 4.78 is 5.39. The molecule has 7 nitrogen and oxygen atoms in total. The summed E-state index contributed by atoms with van der Waals surface area (Å²) in [6.07, 6.45) is 0. The van der Waals surface area contributed by atoms with E-state index in [9.17, 15) is 9.59 Å². The number of amides is 2. The predicted molar refractivity (Wildman–Crippen MR) is 112 cm³/mol. The third-order valence-electron chi connectivity index (χ3n) is 5.03. The Labute approximate surface area is 174 Å². The van der Waals surface area contributed by atoms with E-state index in [1.54, 1.807) is 18.2 Å². The van der Waals surface area contributed by atoms with Gasteiger partial charge >= 0.3 is 0 Å². The quantitative estimate of drug-likeness (QED) is 0.786. The van der Waals surface area contributed by atoms with Crippen LogP contribution in [0.25, 0.3) is 0 Å². The number of nitrogens with zero attached hydrogens (tertiary/aromatic N) is 2. The van der Waals surface area contributed by atoms with Crippen LogP contribution in [0.15, 0.2) is 42.5 Å². The molecule has 0 saturated carbocycles. The lowest BCUT2D eigenvalue weighted by Crippen LogP contribution is -2.48. The van der Waals surface area contributed by atoms with Crippen molar-refractivity contribution in [3.05, 3.63) is 53.1 Å². The number of nitrogens with one attached hydrogen (secondary N) is 2. The molecule has 0 aliphatic carbocycles. The molecule has 2 amide bonds. The van der Waals surface area contributed by atoms with Gasteiger partial charge in [0.25, 0.3) is 5.91 Å². The maximum Gasteiger partial charge on any atom is 0.262 e. The second-order valence-corrected chi connectivity index (χ2v) is 7.71. The zero-order valence-electron chi connectivity index (χ0n) is 16.0. The first-order valence-electron chi connectivity index (χ1n) is 9.61. The van der Waals surface area contributed by atoms with Crippen LogP contribution in [0.4, 0.5) is 11.4 Å². The second-order valence-electron chi connectivity index (χ2n) is 7.28. The average molecular weight is 415 g/mol. The third-order valence-corrected chi connectivity index (χ3v) is 5.26. The van der Waals surface area contributed by atoms with Gasteiger partial charge in [-0.15, -0.1) is 0 Å². The first kappa shape index (κ1) is 19.7. The van der Waals surface area contributed by atoms with Crippen LogP contribution >= 0.6 is 11.6 Å². The van der Waals surface area contributed by atoms with E-state index in [1.807, 2.05) is 18.2 Å². The fourth-order valence-electron chi connectivity index (χ4n) is 3.56. The molecule has 0 atom stereocenters. The summed E-state index contributed by atoms with van der Waals surface area (Å²) in [4.78, 5) is 28.3. The molecule has 2 aliphatic rings. The van der Waals surface area contributed by atoms with E-state index < -0.39 is 0 Å². The summed E-state index contributed by atoms with van der Waals surface area (Å²) in [5, 5.41) is 6.40. The number of hydrogen-bond acceptors (Lipinski definition) is 5. The molecule has 1 fully saturated rings. The molecule has 1 saturated heterocycles. The smallest absolute Gasteiger partial charge is 0.262 e. The number of hydrogen-bond donors (Lipinski definition) is 2. The van der Waals surface area contributed by atoms with Gasteiger partial charge < -0.3 is 15.4 Å². The minimum Gasteiger partial charge on any atom is -0.482 e. The number of benzene rings is 2. The minimum atomic E-state index is -0.177. The number of rotatable bonds is 5. The minimum absolute atomic E-state index is 0.0101. The monoisotopic (exact) mass is 414 g/mol. The number of fused-ring (bicyclic) bond motifs is 1. The van der Waals surface area contributed by atoms with Crippen molar-refractivity contribution in [3.8, 4) is 5.75 Å². The molecule has 8 heteroatoms. The largest absolute Gasteiger partial charge is 0.482 e. The van der Waals surface area contributed by atoms with E-state index in [4.69, 9.17) is 16.3 Å². The zero-order valence-corrected chi connectivity index (χ0v) is 16.7. The highest BCUT2D eigenvalue weighted by atomic mass is 35.5. The molecule has 0 bridgehead atoms. The van der Waals surface area contributed by atoms with Gasteiger partial charge in [-0.3, -0.25) is 19.4 Å². The Morgan fingerprint density at radius 2 is 1.90 bits per heavy atom. The van der Waals surface area contributed by atoms with E-state index in [-0.39, 0.29) is 18.4 Å². The van der Waals surface area contributed by atoms with Crippen LogP contribution in [0.1, 0.15) is 5.56 Å². The van der Waals surface area contributed by atoms with Crippen LogP contribution in [0.5, 0.6) is 5.75 Å². The van der Waals surface area contributed by atoms with Gasteiger partial charge in [0.05, 0.1) is 12.2 Å². The van der Waals surface area contributed by atoms with Gasteiger partial charge in [-0.2, -0.15) is 0 Å². The highest BCUT2D eigenvalue weighted by Crippen LogP contribution is 2.30. The zero-order chi connectivity index (χ0) is 20.2. The van der Waals surface area contributed by atoms with E-state index in [1.165, 1.54) is 5.56 Å². The molecule has 2 aromatic carbocycles. The highest BCUT2D eigenvalue weighted by Gasteiger charge is 2.20. The summed E-state index contributed by atoms with van der Waals surface area (Å²) in [6.45, 7) is 4.70. The molecule has 0 radical (unpaired) electrons. The SMILES string of the molecule is O=C(CN1CCN(Cc2cccc(Cl)c2)CC1)Nc1ccc2c(c1)OCC(=O)N2. The van der Waals surface area contributed by atoms with Crippen LogP contribution < -0.4 is 15.4 Å². The van der Waals surface area contributed by atoms with E-state index in [0.29, 0.717) is 23.7 Å².